The van der Waals surface area contributed by atoms with Crippen LogP contribution in [0.15, 0.2) is 25.3 Å². The van der Waals surface area contributed by atoms with Gasteiger partial charge in [0.2, 0.25) is 0 Å². The lowest BCUT2D eigenvalue weighted by molar-refractivity contribution is -0.884. The molecule has 11 heavy (non-hydrogen) atoms. The van der Waals surface area contributed by atoms with E-state index in [0.717, 1.165) is 24.0 Å². The first-order valence-corrected chi connectivity index (χ1v) is 3.66. The molecule has 2 heteroatoms. The molecule has 66 valence electrons. The van der Waals surface area contributed by atoms with Crippen LogP contribution >= 0.6 is 0 Å². The highest BCUT2D eigenvalue weighted by Crippen LogP contribution is 1.98. The van der Waals surface area contributed by atoms with Crippen molar-refractivity contribution < 1.29 is 16.9 Å². The molecule has 0 aromatic carbocycles. The summed E-state index contributed by atoms with van der Waals surface area (Å²) < 4.78 is 1.01. The molecule has 0 atom stereocenters. The van der Waals surface area contributed by atoms with E-state index in [1.165, 1.54) is 0 Å². The zero-order valence-electron chi connectivity index (χ0n) is 7.52. The van der Waals surface area contributed by atoms with Crippen molar-refractivity contribution in [2.24, 2.45) is 0 Å². The van der Waals surface area contributed by atoms with Crippen LogP contribution < -0.4 is 12.4 Å². The van der Waals surface area contributed by atoms with Gasteiger partial charge in [0.05, 0.1) is 27.2 Å². The van der Waals surface area contributed by atoms with E-state index in [-0.39, 0.29) is 12.4 Å². The third-order valence-electron chi connectivity index (χ3n) is 1.56. The molecule has 0 fully saturated rings. The van der Waals surface area contributed by atoms with Crippen LogP contribution in [0.25, 0.3) is 0 Å². The molecule has 0 radical (unpaired) electrons. The Morgan fingerprint density at radius 2 is 1.73 bits per heavy atom. The van der Waals surface area contributed by atoms with Gasteiger partial charge in [0.15, 0.2) is 0 Å². The molecular weight excluding hydrogens is 158 g/mol. The highest BCUT2D eigenvalue weighted by atomic mass is 35.5. The van der Waals surface area contributed by atoms with E-state index in [2.05, 4.69) is 27.3 Å². The van der Waals surface area contributed by atoms with Gasteiger partial charge in [-0.05, 0) is 6.08 Å². The molecule has 0 rings (SSSR count). The number of hydrogen-bond donors (Lipinski definition) is 0. The van der Waals surface area contributed by atoms with E-state index >= 15 is 0 Å². The zero-order chi connectivity index (χ0) is 8.04. The lowest BCUT2D eigenvalue weighted by atomic mass is 10.3. The summed E-state index contributed by atoms with van der Waals surface area (Å²) in [5, 5.41) is 0. The van der Waals surface area contributed by atoms with Gasteiger partial charge in [0, 0.05) is 6.42 Å². The molecule has 0 spiro atoms. The summed E-state index contributed by atoms with van der Waals surface area (Å²) in [4.78, 5) is 0. The molecule has 0 aliphatic carbocycles. The Kier molecular flexibility index (Phi) is 7.80. The van der Waals surface area contributed by atoms with Crippen LogP contribution in [0, 0.1) is 0 Å². The van der Waals surface area contributed by atoms with E-state index in [1.807, 2.05) is 12.2 Å². The molecule has 0 saturated heterocycles. The lowest BCUT2D eigenvalue weighted by Crippen LogP contribution is -3.00. The van der Waals surface area contributed by atoms with Crippen LogP contribution in [-0.4, -0.2) is 31.7 Å². The SMILES string of the molecule is C=CCC[N+](C)(C)CC=C.[Cl-]. The molecule has 0 aliphatic heterocycles. The van der Waals surface area contributed by atoms with Gasteiger partial charge >= 0.3 is 0 Å². The van der Waals surface area contributed by atoms with E-state index in [4.69, 9.17) is 0 Å². The van der Waals surface area contributed by atoms with Gasteiger partial charge in [-0.25, -0.2) is 0 Å². The van der Waals surface area contributed by atoms with Crippen LogP contribution in [0.1, 0.15) is 6.42 Å². The Morgan fingerprint density at radius 1 is 1.18 bits per heavy atom. The van der Waals surface area contributed by atoms with Crippen molar-refractivity contribution in [3.63, 3.8) is 0 Å². The maximum absolute atomic E-state index is 3.71. The molecule has 0 heterocycles. The van der Waals surface area contributed by atoms with Crippen molar-refractivity contribution in [3.05, 3.63) is 25.3 Å². The first-order valence-electron chi connectivity index (χ1n) is 3.66. The third kappa shape index (κ3) is 7.63. The topological polar surface area (TPSA) is 0 Å². The predicted octanol–water partition coefficient (Wildman–Crippen LogP) is -1.17. The molecule has 0 unspecified atom stereocenters. The smallest absolute Gasteiger partial charge is 0.0967 e. The van der Waals surface area contributed by atoms with Gasteiger partial charge < -0.3 is 16.9 Å². The second kappa shape index (κ2) is 6.44. The Balaban J connectivity index is 0. The first-order chi connectivity index (χ1) is 4.62. The van der Waals surface area contributed by atoms with Crippen LogP contribution in [0.3, 0.4) is 0 Å². The van der Waals surface area contributed by atoms with Gasteiger partial charge in [-0.15, -0.1) is 6.58 Å². The fourth-order valence-electron chi connectivity index (χ4n) is 0.882. The molecule has 1 nitrogen and oxygen atoms in total. The predicted molar refractivity (Wildman–Crippen MR) is 46.9 cm³/mol. The van der Waals surface area contributed by atoms with Gasteiger partial charge in [-0.1, -0.05) is 12.7 Å². The average molecular weight is 176 g/mol. The molecule has 0 N–H and O–H groups in total. The van der Waals surface area contributed by atoms with Crippen molar-refractivity contribution >= 4 is 0 Å². The summed E-state index contributed by atoms with van der Waals surface area (Å²) in [5.74, 6) is 0. The molecular formula is C9H18ClN. The minimum absolute atomic E-state index is 0. The third-order valence-corrected chi connectivity index (χ3v) is 1.56. The summed E-state index contributed by atoms with van der Waals surface area (Å²) in [5.41, 5.74) is 0. The van der Waals surface area contributed by atoms with Gasteiger partial charge in [-0.2, -0.15) is 0 Å². The quantitative estimate of drug-likeness (QED) is 0.365. The van der Waals surface area contributed by atoms with Crippen molar-refractivity contribution in [3.8, 4) is 0 Å². The summed E-state index contributed by atoms with van der Waals surface area (Å²) in [6.07, 6.45) is 5.01. The Hall–Kier alpha value is -0.270. The number of nitrogens with zero attached hydrogens (tertiary/aromatic N) is 1. The van der Waals surface area contributed by atoms with E-state index in [9.17, 15) is 0 Å². The molecule has 0 aromatic rings. The van der Waals surface area contributed by atoms with E-state index in [0.29, 0.717) is 0 Å². The summed E-state index contributed by atoms with van der Waals surface area (Å²) in [6.45, 7) is 9.58. The summed E-state index contributed by atoms with van der Waals surface area (Å²) >= 11 is 0. The van der Waals surface area contributed by atoms with Crippen molar-refractivity contribution in [2.75, 3.05) is 27.2 Å². The van der Waals surface area contributed by atoms with Gasteiger partial charge in [0.25, 0.3) is 0 Å². The molecule has 0 saturated carbocycles. The van der Waals surface area contributed by atoms with Crippen molar-refractivity contribution in [2.45, 2.75) is 6.42 Å². The van der Waals surface area contributed by atoms with E-state index < -0.39 is 0 Å². The second-order valence-corrected chi connectivity index (χ2v) is 3.21. The average Bonchev–Trinajstić information content (AvgIpc) is 1.84. The number of quaternary nitrogens is 1. The number of likely N-dealkylation sites (N-methyl/N-ethyl adjacent to an activating group) is 1. The van der Waals surface area contributed by atoms with Crippen LogP contribution in [0.5, 0.6) is 0 Å². The van der Waals surface area contributed by atoms with Gasteiger partial charge in [0.1, 0.15) is 0 Å². The lowest BCUT2D eigenvalue weighted by Gasteiger charge is -2.27. The Bertz CT molecular complexity index is 119. The largest absolute Gasteiger partial charge is 1.00 e. The first kappa shape index (κ1) is 13.3. The van der Waals surface area contributed by atoms with Crippen LogP contribution in [-0.2, 0) is 0 Å². The molecule has 0 bridgehead atoms. The fourth-order valence-corrected chi connectivity index (χ4v) is 0.882. The Morgan fingerprint density at radius 3 is 2.09 bits per heavy atom. The molecule has 0 aromatic heterocycles. The minimum atomic E-state index is 0. The maximum Gasteiger partial charge on any atom is 0.0967 e. The zero-order valence-corrected chi connectivity index (χ0v) is 8.27. The number of halogens is 1. The van der Waals surface area contributed by atoms with E-state index in [1.54, 1.807) is 0 Å². The minimum Gasteiger partial charge on any atom is -1.00 e. The number of rotatable bonds is 5. The van der Waals surface area contributed by atoms with Crippen LogP contribution in [0.4, 0.5) is 0 Å². The Labute approximate surface area is 76.4 Å². The second-order valence-electron chi connectivity index (χ2n) is 3.21. The monoisotopic (exact) mass is 175 g/mol. The van der Waals surface area contributed by atoms with Crippen molar-refractivity contribution in [1.29, 1.82) is 0 Å². The summed E-state index contributed by atoms with van der Waals surface area (Å²) in [7, 11) is 4.40. The van der Waals surface area contributed by atoms with Crippen LogP contribution in [0.2, 0.25) is 0 Å². The van der Waals surface area contributed by atoms with Gasteiger partial charge in [-0.3, -0.25) is 0 Å². The van der Waals surface area contributed by atoms with Crippen molar-refractivity contribution in [1.82, 2.24) is 0 Å². The fraction of sp³-hybridized carbons (Fsp3) is 0.556. The highest BCUT2D eigenvalue weighted by Gasteiger charge is 2.09. The molecule has 0 amide bonds. The molecule has 0 aliphatic rings. The highest BCUT2D eigenvalue weighted by molar-refractivity contribution is 4.68. The normalized spacial score (nSPS) is 10.0. The standard InChI is InChI=1S/C9H18N.ClH/c1-5-7-9-10(3,4)8-6-2;/h5-6H,1-2,7-9H2,3-4H3;1H/q+1;/p-1. The summed E-state index contributed by atoms with van der Waals surface area (Å²) in [6, 6.07) is 0. The maximum atomic E-state index is 3.71. The number of hydrogen-bond acceptors (Lipinski definition) is 0.